The maximum absolute atomic E-state index is 13.0. The zero-order valence-electron chi connectivity index (χ0n) is 20.9. The Bertz CT molecular complexity index is 1510. The van der Waals surface area contributed by atoms with E-state index in [2.05, 4.69) is 20.6 Å². The average molecular weight is 539 g/mol. The van der Waals surface area contributed by atoms with E-state index in [4.69, 9.17) is 4.74 Å². The number of anilines is 1. The van der Waals surface area contributed by atoms with Crippen molar-refractivity contribution in [3.8, 4) is 11.6 Å². The Hall–Kier alpha value is -4.45. The van der Waals surface area contributed by atoms with E-state index in [-0.39, 0.29) is 17.6 Å². The third-order valence-corrected chi connectivity index (χ3v) is 6.45. The predicted octanol–water partition coefficient (Wildman–Crippen LogP) is 5.03. The van der Waals surface area contributed by atoms with Crippen molar-refractivity contribution < 1.29 is 27.5 Å². The fourth-order valence-corrected chi connectivity index (χ4v) is 4.54. The molecule has 12 heteroatoms. The number of carbonyl (C=O) groups is 2. The number of hydrogen-bond donors (Lipinski definition) is 2. The minimum absolute atomic E-state index is 0.0307. The van der Waals surface area contributed by atoms with Crippen LogP contribution in [0.1, 0.15) is 24.6 Å². The molecule has 39 heavy (non-hydrogen) atoms. The molecular formula is C27H25F3N6O3. The molecule has 1 unspecified atom stereocenters. The number of nitrogens with one attached hydrogen (secondary N) is 2. The van der Waals surface area contributed by atoms with Crippen molar-refractivity contribution in [1.29, 1.82) is 0 Å². The second kappa shape index (κ2) is 10.7. The molecule has 1 fully saturated rings. The first-order valence-corrected chi connectivity index (χ1v) is 12.2. The molecule has 1 aliphatic rings. The number of aromatic nitrogens is 3. The minimum atomic E-state index is -4.51. The molecule has 2 aromatic heterocycles. The first kappa shape index (κ1) is 26.2. The summed E-state index contributed by atoms with van der Waals surface area (Å²) in [5.41, 5.74) is 0.360. The molecule has 1 saturated heterocycles. The third-order valence-electron chi connectivity index (χ3n) is 6.45. The maximum atomic E-state index is 13.0. The summed E-state index contributed by atoms with van der Waals surface area (Å²) in [6, 6.07) is 12.4. The van der Waals surface area contributed by atoms with Gasteiger partial charge in [0.05, 0.1) is 23.3 Å². The first-order valence-electron chi connectivity index (χ1n) is 12.2. The van der Waals surface area contributed by atoms with Crippen molar-refractivity contribution in [3.63, 3.8) is 0 Å². The molecule has 0 bridgehead atoms. The van der Waals surface area contributed by atoms with Gasteiger partial charge in [0.25, 0.3) is 0 Å². The van der Waals surface area contributed by atoms with Crippen LogP contribution in [-0.2, 0) is 17.5 Å². The molecule has 2 N–H and O–H groups in total. The van der Waals surface area contributed by atoms with Crippen molar-refractivity contribution in [2.45, 2.75) is 32.1 Å². The molecule has 0 radical (unpaired) electrons. The summed E-state index contributed by atoms with van der Waals surface area (Å²) in [5.74, 6) is 0.734. The van der Waals surface area contributed by atoms with Gasteiger partial charge in [-0.3, -0.25) is 9.36 Å². The fraction of sp³-hybridized carbons (Fsp3) is 0.259. The molecule has 0 saturated carbocycles. The second-order valence-electron chi connectivity index (χ2n) is 9.16. The van der Waals surface area contributed by atoms with E-state index in [0.717, 1.165) is 31.6 Å². The van der Waals surface area contributed by atoms with Crippen molar-refractivity contribution in [1.82, 2.24) is 24.8 Å². The number of fused-ring (bicyclic) bond motifs is 1. The summed E-state index contributed by atoms with van der Waals surface area (Å²) in [5, 5.41) is 6.44. The number of rotatable bonds is 6. The number of halogens is 3. The number of ether oxygens (including phenoxy) is 1. The van der Waals surface area contributed by atoms with Crippen LogP contribution in [0.15, 0.2) is 67.1 Å². The highest BCUT2D eigenvalue weighted by Crippen LogP contribution is 2.31. The number of nitrogens with zero attached hydrogens (tertiary/aromatic N) is 4. The van der Waals surface area contributed by atoms with Crippen LogP contribution in [0.3, 0.4) is 0 Å². The lowest BCUT2D eigenvalue weighted by Gasteiger charge is -2.27. The smallest absolute Gasteiger partial charge is 0.416 e. The van der Waals surface area contributed by atoms with E-state index in [1.54, 1.807) is 35.2 Å². The molecule has 1 aliphatic heterocycles. The lowest BCUT2D eigenvalue weighted by Crippen LogP contribution is -2.39. The van der Waals surface area contributed by atoms with Crippen LogP contribution in [0.5, 0.6) is 11.6 Å². The van der Waals surface area contributed by atoms with Gasteiger partial charge in [-0.15, -0.1) is 0 Å². The highest BCUT2D eigenvalue weighted by Gasteiger charge is 2.30. The molecule has 2 amide bonds. The summed E-state index contributed by atoms with van der Waals surface area (Å²) in [4.78, 5) is 35.2. The van der Waals surface area contributed by atoms with Crippen molar-refractivity contribution in [2.24, 2.45) is 0 Å². The normalized spacial score (nSPS) is 15.3. The Labute approximate surface area is 221 Å². The topological polar surface area (TPSA) is 101 Å². The van der Waals surface area contributed by atoms with Crippen molar-refractivity contribution in [3.05, 3.63) is 78.4 Å². The van der Waals surface area contributed by atoms with Gasteiger partial charge in [-0.05, 0) is 55.4 Å². The number of alkyl halides is 3. The SMILES string of the molecule is CC(=O)N(Cc1cc(Oc2ccc3c(ccn3C(=O)Nc3cccc(C(F)(F)F)c3)c2)ncn1)C1CCNC1. The molecular weight excluding hydrogens is 513 g/mol. The van der Waals surface area contributed by atoms with Crippen LogP contribution in [0.25, 0.3) is 10.9 Å². The highest BCUT2D eigenvalue weighted by atomic mass is 19.4. The highest BCUT2D eigenvalue weighted by molar-refractivity contribution is 5.98. The second-order valence-corrected chi connectivity index (χ2v) is 9.16. The Morgan fingerprint density at radius 2 is 2.00 bits per heavy atom. The molecule has 1 atom stereocenters. The fourth-order valence-electron chi connectivity index (χ4n) is 4.54. The predicted molar refractivity (Wildman–Crippen MR) is 137 cm³/mol. The van der Waals surface area contributed by atoms with E-state index in [1.165, 1.54) is 36.1 Å². The van der Waals surface area contributed by atoms with Gasteiger partial charge in [0.15, 0.2) is 0 Å². The lowest BCUT2D eigenvalue weighted by molar-refractivity contribution is -0.137. The summed E-state index contributed by atoms with van der Waals surface area (Å²) in [7, 11) is 0. The zero-order valence-corrected chi connectivity index (χ0v) is 20.9. The molecule has 4 aromatic rings. The van der Waals surface area contributed by atoms with Gasteiger partial charge in [0.2, 0.25) is 11.8 Å². The van der Waals surface area contributed by atoms with E-state index in [9.17, 15) is 22.8 Å². The Kier molecular flexibility index (Phi) is 7.20. The third kappa shape index (κ3) is 6.01. The van der Waals surface area contributed by atoms with Gasteiger partial charge in [0, 0.05) is 42.8 Å². The molecule has 3 heterocycles. The van der Waals surface area contributed by atoms with Gasteiger partial charge in [-0.2, -0.15) is 13.2 Å². The van der Waals surface area contributed by atoms with Crippen LogP contribution < -0.4 is 15.4 Å². The standard InChI is InChI=1S/C27H25F3N6O3/c1-17(37)36(22-7-9-31-14-22)15-21-13-25(33-16-32-21)39-23-5-6-24-18(11-23)8-10-35(24)26(38)34-20-4-2-3-19(12-20)27(28,29)30/h2-6,8,10-13,16,22,31H,7,9,14-15H2,1H3,(H,34,38). The quantitative estimate of drug-likeness (QED) is 0.357. The Balaban J connectivity index is 1.29. The molecule has 5 rings (SSSR count). The average Bonchev–Trinajstić information content (AvgIpc) is 3.57. The molecule has 0 aliphatic carbocycles. The summed E-state index contributed by atoms with van der Waals surface area (Å²) in [6.07, 6.45) is -0.731. The monoisotopic (exact) mass is 538 g/mol. The van der Waals surface area contributed by atoms with Crippen molar-refractivity contribution >= 4 is 28.5 Å². The van der Waals surface area contributed by atoms with Gasteiger partial charge >= 0.3 is 12.2 Å². The minimum Gasteiger partial charge on any atom is -0.439 e. The van der Waals surface area contributed by atoms with E-state index >= 15 is 0 Å². The van der Waals surface area contributed by atoms with Crippen LogP contribution >= 0.6 is 0 Å². The van der Waals surface area contributed by atoms with Crippen LogP contribution in [-0.4, -0.2) is 50.5 Å². The Morgan fingerprint density at radius 3 is 2.74 bits per heavy atom. The maximum Gasteiger partial charge on any atom is 0.416 e. The number of carbonyl (C=O) groups excluding carboxylic acids is 2. The number of hydrogen-bond acceptors (Lipinski definition) is 6. The van der Waals surface area contributed by atoms with Gasteiger partial charge < -0.3 is 20.3 Å². The Morgan fingerprint density at radius 1 is 1.15 bits per heavy atom. The molecule has 2 aromatic carbocycles. The first-order chi connectivity index (χ1) is 18.7. The van der Waals surface area contributed by atoms with Crippen LogP contribution in [0.4, 0.5) is 23.7 Å². The van der Waals surface area contributed by atoms with E-state index in [1.807, 2.05) is 0 Å². The number of benzene rings is 2. The van der Waals surface area contributed by atoms with E-state index in [0.29, 0.717) is 34.8 Å². The molecule has 0 spiro atoms. The zero-order chi connectivity index (χ0) is 27.6. The number of amides is 2. The van der Waals surface area contributed by atoms with Crippen molar-refractivity contribution in [2.75, 3.05) is 18.4 Å². The summed E-state index contributed by atoms with van der Waals surface area (Å²) >= 11 is 0. The summed E-state index contributed by atoms with van der Waals surface area (Å²) in [6.45, 7) is 3.48. The molecule has 202 valence electrons. The van der Waals surface area contributed by atoms with Gasteiger partial charge in [0.1, 0.15) is 12.1 Å². The van der Waals surface area contributed by atoms with Crippen LogP contribution in [0.2, 0.25) is 0 Å². The van der Waals surface area contributed by atoms with E-state index < -0.39 is 17.8 Å². The van der Waals surface area contributed by atoms with Crippen LogP contribution in [0, 0.1) is 0 Å². The largest absolute Gasteiger partial charge is 0.439 e. The molecule has 9 nitrogen and oxygen atoms in total. The van der Waals surface area contributed by atoms with Gasteiger partial charge in [-0.25, -0.2) is 14.8 Å². The lowest BCUT2D eigenvalue weighted by atomic mass is 10.2. The van der Waals surface area contributed by atoms with Gasteiger partial charge in [-0.1, -0.05) is 6.07 Å². The summed E-state index contributed by atoms with van der Waals surface area (Å²) < 4.78 is 46.2.